The summed E-state index contributed by atoms with van der Waals surface area (Å²) in [4.78, 5) is 0. The van der Waals surface area contributed by atoms with Gasteiger partial charge < -0.3 is 10.4 Å². The maximum absolute atomic E-state index is 9.43. The highest BCUT2D eigenvalue weighted by atomic mass is 32.2. The lowest BCUT2D eigenvalue weighted by molar-refractivity contribution is 0.171. The van der Waals surface area contributed by atoms with E-state index in [1.807, 2.05) is 0 Å². The van der Waals surface area contributed by atoms with Gasteiger partial charge in [0, 0.05) is 10.8 Å². The molecule has 1 rings (SSSR count). The van der Waals surface area contributed by atoms with Crippen molar-refractivity contribution in [2.75, 3.05) is 18.9 Å². The predicted molar refractivity (Wildman–Crippen MR) is 73.1 cm³/mol. The molecular weight excluding hydrogens is 218 g/mol. The fraction of sp³-hybridized carbons (Fsp3) is 1.00. The van der Waals surface area contributed by atoms with Gasteiger partial charge in [-0.05, 0) is 44.9 Å². The van der Waals surface area contributed by atoms with Crippen molar-refractivity contribution in [1.82, 2.24) is 5.32 Å². The number of thioether (sulfide) groups is 1. The Morgan fingerprint density at radius 1 is 1.38 bits per heavy atom. The van der Waals surface area contributed by atoms with Gasteiger partial charge >= 0.3 is 0 Å². The van der Waals surface area contributed by atoms with Crippen molar-refractivity contribution < 1.29 is 5.11 Å². The number of nitrogens with one attached hydrogen (secondary N) is 1. The Hall–Kier alpha value is 0.270. The molecule has 0 saturated heterocycles. The maximum Gasteiger partial charge on any atom is 0.0610 e. The third-order valence-corrected chi connectivity index (χ3v) is 4.84. The average molecular weight is 245 g/mol. The fourth-order valence-electron chi connectivity index (χ4n) is 2.16. The van der Waals surface area contributed by atoms with E-state index in [0.717, 1.165) is 24.6 Å². The van der Waals surface area contributed by atoms with Crippen LogP contribution in [0.3, 0.4) is 0 Å². The molecule has 1 aliphatic rings. The monoisotopic (exact) mass is 245 g/mol. The predicted octanol–water partition coefficient (Wildman–Crippen LogP) is 2.80. The highest BCUT2D eigenvalue weighted by Crippen LogP contribution is 2.30. The molecular formula is C13H27NOS. The van der Waals surface area contributed by atoms with Crippen LogP contribution in [0.1, 0.15) is 52.4 Å². The van der Waals surface area contributed by atoms with E-state index in [4.69, 9.17) is 0 Å². The first-order valence-corrected chi connectivity index (χ1v) is 7.72. The molecule has 96 valence electrons. The summed E-state index contributed by atoms with van der Waals surface area (Å²) in [6.07, 6.45) is 7.86. The molecule has 0 aromatic heterocycles. The molecule has 0 aromatic carbocycles. The number of aliphatic hydroxyl groups is 1. The van der Waals surface area contributed by atoms with E-state index in [0.29, 0.717) is 0 Å². The van der Waals surface area contributed by atoms with Crippen LogP contribution in [0.4, 0.5) is 0 Å². The molecule has 0 aromatic rings. The van der Waals surface area contributed by atoms with E-state index in [2.05, 4.69) is 30.9 Å². The highest BCUT2D eigenvalue weighted by molar-refractivity contribution is 7.99. The molecule has 1 atom stereocenters. The van der Waals surface area contributed by atoms with Crippen LogP contribution in [0.2, 0.25) is 0 Å². The van der Waals surface area contributed by atoms with Gasteiger partial charge in [0.15, 0.2) is 0 Å². The van der Waals surface area contributed by atoms with Crippen molar-refractivity contribution in [1.29, 1.82) is 0 Å². The third-order valence-electron chi connectivity index (χ3n) is 3.46. The summed E-state index contributed by atoms with van der Waals surface area (Å²) >= 11 is 2.11. The normalized spacial score (nSPS) is 21.2. The fourth-order valence-corrected chi connectivity index (χ4v) is 3.72. The minimum atomic E-state index is -0.0678. The molecule has 1 aliphatic carbocycles. The number of rotatable bonds is 8. The molecule has 16 heavy (non-hydrogen) atoms. The molecule has 2 nitrogen and oxygen atoms in total. The van der Waals surface area contributed by atoms with Crippen molar-refractivity contribution >= 4 is 11.8 Å². The quantitative estimate of drug-likeness (QED) is 0.690. The van der Waals surface area contributed by atoms with Gasteiger partial charge in [-0.3, -0.25) is 0 Å². The van der Waals surface area contributed by atoms with Crippen LogP contribution in [-0.4, -0.2) is 34.8 Å². The van der Waals surface area contributed by atoms with Crippen LogP contribution >= 0.6 is 11.8 Å². The van der Waals surface area contributed by atoms with Gasteiger partial charge in [-0.2, -0.15) is 11.8 Å². The van der Waals surface area contributed by atoms with E-state index in [1.165, 1.54) is 31.4 Å². The lowest BCUT2D eigenvalue weighted by Gasteiger charge is -2.29. The van der Waals surface area contributed by atoms with Gasteiger partial charge in [-0.15, -0.1) is 0 Å². The Balaban J connectivity index is 2.16. The molecule has 3 heteroatoms. The summed E-state index contributed by atoms with van der Waals surface area (Å²) in [5, 5.41) is 13.8. The van der Waals surface area contributed by atoms with Gasteiger partial charge in [0.1, 0.15) is 0 Å². The second kappa shape index (κ2) is 7.57. The third kappa shape index (κ3) is 5.07. The summed E-state index contributed by atoms with van der Waals surface area (Å²) in [6.45, 7) is 5.55. The first kappa shape index (κ1) is 14.3. The zero-order chi connectivity index (χ0) is 11.9. The Morgan fingerprint density at radius 3 is 2.62 bits per heavy atom. The summed E-state index contributed by atoms with van der Waals surface area (Å²) in [5.41, 5.74) is -0.0678. The van der Waals surface area contributed by atoms with Crippen LogP contribution in [0.25, 0.3) is 0 Å². The smallest absolute Gasteiger partial charge is 0.0610 e. The molecule has 1 unspecified atom stereocenters. The van der Waals surface area contributed by atoms with E-state index >= 15 is 0 Å². The van der Waals surface area contributed by atoms with Crippen LogP contribution in [0.5, 0.6) is 0 Å². The van der Waals surface area contributed by atoms with Crippen LogP contribution in [-0.2, 0) is 0 Å². The van der Waals surface area contributed by atoms with E-state index in [9.17, 15) is 5.11 Å². The molecule has 0 radical (unpaired) electrons. The molecule has 1 saturated carbocycles. The number of hydrogen-bond donors (Lipinski definition) is 2. The topological polar surface area (TPSA) is 32.3 Å². The Bertz CT molecular complexity index is 183. The molecule has 0 bridgehead atoms. The minimum Gasteiger partial charge on any atom is -0.394 e. The van der Waals surface area contributed by atoms with Crippen LogP contribution in [0, 0.1) is 0 Å². The molecule has 0 spiro atoms. The molecule has 0 aliphatic heterocycles. The first-order chi connectivity index (χ1) is 7.70. The molecule has 0 heterocycles. The largest absolute Gasteiger partial charge is 0.394 e. The SMILES string of the molecule is CCCNC(C)(CO)CCSC1CCCC1. The Labute approximate surface area is 105 Å². The Morgan fingerprint density at radius 2 is 2.06 bits per heavy atom. The van der Waals surface area contributed by atoms with Gasteiger partial charge in [0.05, 0.1) is 6.61 Å². The lowest BCUT2D eigenvalue weighted by atomic mass is 10.0. The van der Waals surface area contributed by atoms with Gasteiger partial charge in [-0.1, -0.05) is 19.8 Å². The summed E-state index contributed by atoms with van der Waals surface area (Å²) in [7, 11) is 0. The highest BCUT2D eigenvalue weighted by Gasteiger charge is 2.23. The van der Waals surface area contributed by atoms with Gasteiger partial charge in [0.25, 0.3) is 0 Å². The molecule has 2 N–H and O–H groups in total. The summed E-state index contributed by atoms with van der Waals surface area (Å²) in [5.74, 6) is 1.18. The van der Waals surface area contributed by atoms with E-state index < -0.39 is 0 Å². The zero-order valence-corrected chi connectivity index (χ0v) is 11.6. The Kier molecular flexibility index (Phi) is 6.78. The van der Waals surface area contributed by atoms with Crippen molar-refractivity contribution in [2.24, 2.45) is 0 Å². The maximum atomic E-state index is 9.43. The van der Waals surface area contributed by atoms with Gasteiger partial charge in [-0.25, -0.2) is 0 Å². The van der Waals surface area contributed by atoms with Crippen LogP contribution in [0.15, 0.2) is 0 Å². The summed E-state index contributed by atoms with van der Waals surface area (Å²) < 4.78 is 0. The zero-order valence-electron chi connectivity index (χ0n) is 10.8. The summed E-state index contributed by atoms with van der Waals surface area (Å²) in [6, 6.07) is 0. The molecule has 1 fully saturated rings. The molecule has 0 amide bonds. The van der Waals surface area contributed by atoms with Crippen molar-refractivity contribution in [3.8, 4) is 0 Å². The second-order valence-electron chi connectivity index (χ2n) is 5.17. The number of aliphatic hydroxyl groups excluding tert-OH is 1. The lowest BCUT2D eigenvalue weighted by Crippen LogP contribution is -2.46. The average Bonchev–Trinajstić information content (AvgIpc) is 2.79. The van der Waals surface area contributed by atoms with Crippen molar-refractivity contribution in [3.63, 3.8) is 0 Å². The second-order valence-corrected chi connectivity index (χ2v) is 6.58. The first-order valence-electron chi connectivity index (χ1n) is 6.67. The standard InChI is InChI=1S/C13H27NOS/c1-3-9-14-13(2,11-15)8-10-16-12-6-4-5-7-12/h12,14-15H,3-11H2,1-2H3. The number of hydrogen-bond acceptors (Lipinski definition) is 3. The van der Waals surface area contributed by atoms with Gasteiger partial charge in [0.2, 0.25) is 0 Å². The van der Waals surface area contributed by atoms with E-state index in [-0.39, 0.29) is 12.1 Å². The minimum absolute atomic E-state index is 0.0678. The van der Waals surface area contributed by atoms with Crippen molar-refractivity contribution in [3.05, 3.63) is 0 Å². The van der Waals surface area contributed by atoms with Crippen LogP contribution < -0.4 is 5.32 Å². The van der Waals surface area contributed by atoms with E-state index in [1.54, 1.807) is 0 Å². The van der Waals surface area contributed by atoms with Crippen molar-refractivity contribution in [2.45, 2.75) is 63.2 Å².